The molecular formula is C42H34. The molecule has 0 aliphatic carbocycles. The average molecular weight is 539 g/mol. The molecule has 0 heterocycles. The molecule has 9 aromatic rings. The Morgan fingerprint density at radius 1 is 0.310 bits per heavy atom. The highest BCUT2D eigenvalue weighted by molar-refractivity contribution is 6.37. The Kier molecular flexibility index (Phi) is 4.43. The summed E-state index contributed by atoms with van der Waals surface area (Å²) in [4.78, 5) is 0. The van der Waals surface area contributed by atoms with E-state index in [4.69, 9.17) is 0 Å². The molecule has 0 unspecified atom stereocenters. The summed E-state index contributed by atoms with van der Waals surface area (Å²) in [5.74, 6) is 0. The average Bonchev–Trinajstić information content (AvgIpc) is 3.43. The molecule has 0 aromatic heterocycles. The normalized spacial score (nSPS) is 13.5. The number of rotatable bonds is 0. The van der Waals surface area contributed by atoms with Crippen molar-refractivity contribution in [2.45, 2.75) is 52.4 Å². The molecule has 0 aliphatic rings. The lowest BCUT2D eigenvalue weighted by Gasteiger charge is -2.22. The van der Waals surface area contributed by atoms with E-state index in [0.29, 0.717) is 0 Å². The first-order chi connectivity index (χ1) is 20.1. The van der Waals surface area contributed by atoms with Crippen LogP contribution in [0.15, 0.2) is 97.1 Å². The van der Waals surface area contributed by atoms with Gasteiger partial charge in [0.15, 0.2) is 0 Å². The second-order valence-electron chi connectivity index (χ2n) is 14.7. The van der Waals surface area contributed by atoms with Gasteiger partial charge in [-0.05, 0) is 151 Å². The van der Waals surface area contributed by atoms with E-state index in [0.717, 1.165) is 0 Å². The van der Waals surface area contributed by atoms with Crippen molar-refractivity contribution in [3.05, 3.63) is 108 Å². The lowest BCUT2D eigenvalue weighted by molar-refractivity contribution is 0.590. The van der Waals surface area contributed by atoms with Crippen LogP contribution < -0.4 is 0 Å². The lowest BCUT2D eigenvalue weighted by Crippen LogP contribution is -2.12. The van der Waals surface area contributed by atoms with E-state index in [9.17, 15) is 0 Å². The maximum absolute atomic E-state index is 2.48. The van der Waals surface area contributed by atoms with Crippen molar-refractivity contribution in [2.75, 3.05) is 0 Å². The summed E-state index contributed by atoms with van der Waals surface area (Å²) in [5, 5.41) is 21.8. The van der Waals surface area contributed by atoms with Crippen LogP contribution in [0.4, 0.5) is 0 Å². The summed E-state index contributed by atoms with van der Waals surface area (Å²) >= 11 is 0. The van der Waals surface area contributed by atoms with Crippen molar-refractivity contribution < 1.29 is 0 Å². The Balaban J connectivity index is 1.46. The fraction of sp³-hybridized carbons (Fsp3) is 0.190. The second kappa shape index (κ2) is 7.69. The first-order valence-electron chi connectivity index (χ1n) is 15.3. The molecule has 0 heteroatoms. The molecule has 0 aliphatic heterocycles. The summed E-state index contributed by atoms with van der Waals surface area (Å²) in [7, 11) is 0. The minimum Gasteiger partial charge on any atom is -0.0616 e. The van der Waals surface area contributed by atoms with Gasteiger partial charge in [-0.15, -0.1) is 0 Å². The van der Waals surface area contributed by atoms with Crippen molar-refractivity contribution in [2.24, 2.45) is 0 Å². The highest BCUT2D eigenvalue weighted by Crippen LogP contribution is 2.47. The largest absolute Gasteiger partial charge is 0.0616 e. The zero-order valence-electron chi connectivity index (χ0n) is 25.2. The maximum atomic E-state index is 2.48. The van der Waals surface area contributed by atoms with Gasteiger partial charge in [0.05, 0.1) is 0 Å². The minimum absolute atomic E-state index is 0.0796. The van der Waals surface area contributed by atoms with Crippen LogP contribution >= 0.6 is 0 Å². The minimum atomic E-state index is 0.0796. The zero-order chi connectivity index (χ0) is 28.7. The van der Waals surface area contributed by atoms with Crippen LogP contribution in [0.5, 0.6) is 0 Å². The molecule has 9 rings (SSSR count). The summed E-state index contributed by atoms with van der Waals surface area (Å²) in [6.07, 6.45) is 0. The van der Waals surface area contributed by atoms with E-state index in [1.165, 1.54) is 97.3 Å². The van der Waals surface area contributed by atoms with Crippen LogP contribution in [-0.2, 0) is 10.8 Å². The predicted octanol–water partition coefficient (Wildman–Crippen LogP) is 12.4. The predicted molar refractivity (Wildman–Crippen MR) is 186 cm³/mol. The van der Waals surface area contributed by atoms with E-state index >= 15 is 0 Å². The van der Waals surface area contributed by atoms with Gasteiger partial charge in [0.1, 0.15) is 0 Å². The Labute approximate surface area is 246 Å². The van der Waals surface area contributed by atoms with Crippen molar-refractivity contribution >= 4 is 86.2 Å². The Morgan fingerprint density at radius 2 is 0.738 bits per heavy atom. The summed E-state index contributed by atoms with van der Waals surface area (Å²) in [5.41, 5.74) is 2.96. The van der Waals surface area contributed by atoms with E-state index in [-0.39, 0.29) is 10.8 Å². The van der Waals surface area contributed by atoms with Crippen molar-refractivity contribution in [1.29, 1.82) is 0 Å². The van der Waals surface area contributed by atoms with E-state index in [2.05, 4.69) is 139 Å². The third kappa shape index (κ3) is 3.13. The highest BCUT2D eigenvalue weighted by Gasteiger charge is 2.23. The van der Waals surface area contributed by atoms with Gasteiger partial charge in [0.25, 0.3) is 0 Å². The molecule has 9 aromatic carbocycles. The highest BCUT2D eigenvalue weighted by atomic mass is 14.3. The summed E-state index contributed by atoms with van der Waals surface area (Å²) in [6, 6.07) is 37.8. The molecule has 0 saturated carbocycles. The monoisotopic (exact) mass is 538 g/mol. The Hall–Kier alpha value is -4.42. The van der Waals surface area contributed by atoms with Gasteiger partial charge >= 0.3 is 0 Å². The Bertz CT molecular complexity index is 2560. The molecule has 0 amide bonds. The van der Waals surface area contributed by atoms with Crippen LogP contribution in [0.2, 0.25) is 0 Å². The fourth-order valence-corrected chi connectivity index (χ4v) is 7.65. The third-order valence-electron chi connectivity index (χ3n) is 9.94. The Morgan fingerprint density at radius 3 is 1.29 bits per heavy atom. The maximum Gasteiger partial charge on any atom is -0.00199 e. The molecule has 0 fully saturated rings. The van der Waals surface area contributed by atoms with E-state index in [1.54, 1.807) is 0 Å². The third-order valence-corrected chi connectivity index (χ3v) is 9.94. The van der Waals surface area contributed by atoms with Crippen molar-refractivity contribution in [1.82, 2.24) is 0 Å². The zero-order valence-corrected chi connectivity index (χ0v) is 25.2. The van der Waals surface area contributed by atoms with Crippen LogP contribution in [0.1, 0.15) is 52.7 Å². The molecule has 0 N–H and O–H groups in total. The lowest BCUT2D eigenvalue weighted by atomic mass is 9.82. The van der Waals surface area contributed by atoms with Crippen LogP contribution in [-0.4, -0.2) is 0 Å². The van der Waals surface area contributed by atoms with Crippen molar-refractivity contribution in [3.63, 3.8) is 0 Å². The standard InChI is InChI=1S/C42H34/c1-41(2,3)27-14-26-15-28(42(4,5)6)22-38-35-20-25-18-33-32(17-24(25)19-34(35)37(21-27)39(26)38)31-13-9-12-30-29-11-8-7-10-23(29)16-36(33)40(30)31/h7-22H,1-6H3. The summed E-state index contributed by atoms with van der Waals surface area (Å²) < 4.78 is 0. The van der Waals surface area contributed by atoms with Gasteiger partial charge in [-0.1, -0.05) is 96.1 Å². The quantitative estimate of drug-likeness (QED) is 0.168. The van der Waals surface area contributed by atoms with Gasteiger partial charge in [-0.2, -0.15) is 0 Å². The van der Waals surface area contributed by atoms with Gasteiger partial charge in [0.2, 0.25) is 0 Å². The molecule has 0 radical (unpaired) electrons. The molecule has 0 saturated heterocycles. The SMILES string of the molecule is CC(C)(C)c1cc2cc(C(C)(C)C)cc3c4cc5cc6c(cc5cc4c(c1)c23)c1cccc2c3ccccc3cc6c21. The van der Waals surface area contributed by atoms with Crippen LogP contribution in [0, 0.1) is 0 Å². The van der Waals surface area contributed by atoms with Crippen molar-refractivity contribution in [3.8, 4) is 0 Å². The molecule has 42 heavy (non-hydrogen) atoms. The van der Waals surface area contributed by atoms with Gasteiger partial charge in [0, 0.05) is 0 Å². The first-order valence-corrected chi connectivity index (χ1v) is 15.3. The smallest absolute Gasteiger partial charge is 0.00199 e. The number of hydrogen-bond donors (Lipinski definition) is 0. The first kappa shape index (κ1) is 24.2. The van der Waals surface area contributed by atoms with Crippen LogP contribution in [0.25, 0.3) is 86.2 Å². The van der Waals surface area contributed by atoms with Crippen LogP contribution in [0.3, 0.4) is 0 Å². The van der Waals surface area contributed by atoms with E-state index in [1.807, 2.05) is 0 Å². The molecule has 0 atom stereocenters. The molecule has 0 spiro atoms. The number of fused-ring (bicyclic) bond motifs is 9. The van der Waals surface area contributed by atoms with Gasteiger partial charge < -0.3 is 0 Å². The molecular weight excluding hydrogens is 504 g/mol. The molecule has 0 nitrogen and oxygen atoms in total. The second-order valence-corrected chi connectivity index (χ2v) is 14.7. The fourth-order valence-electron chi connectivity index (χ4n) is 7.65. The molecule has 202 valence electrons. The topological polar surface area (TPSA) is 0 Å². The number of benzene rings is 7. The van der Waals surface area contributed by atoms with E-state index < -0.39 is 0 Å². The van der Waals surface area contributed by atoms with Gasteiger partial charge in [-0.3, -0.25) is 0 Å². The number of hydrogen-bond acceptors (Lipinski definition) is 0. The summed E-state index contributed by atoms with van der Waals surface area (Å²) in [6.45, 7) is 14.0. The van der Waals surface area contributed by atoms with Gasteiger partial charge in [-0.25, -0.2) is 0 Å². The molecule has 0 bridgehead atoms.